The van der Waals surface area contributed by atoms with Crippen molar-refractivity contribution in [3.8, 4) is 11.1 Å². The van der Waals surface area contributed by atoms with Gasteiger partial charge in [-0.05, 0) is 41.0 Å². The molecule has 9 heteroatoms. The fourth-order valence-electron chi connectivity index (χ4n) is 5.03. The lowest BCUT2D eigenvalue weighted by Gasteiger charge is -2.27. The van der Waals surface area contributed by atoms with E-state index in [1.165, 1.54) is 0 Å². The van der Waals surface area contributed by atoms with Gasteiger partial charge in [-0.15, -0.1) is 0 Å². The van der Waals surface area contributed by atoms with Crippen molar-refractivity contribution in [1.29, 1.82) is 0 Å². The molecule has 3 aliphatic rings. The Bertz CT molecular complexity index is 1100. The van der Waals surface area contributed by atoms with E-state index in [2.05, 4.69) is 5.32 Å². The number of nitrogens with one attached hydrogen (secondary N) is 1. The summed E-state index contributed by atoms with van der Waals surface area (Å²) < 4.78 is 33.2. The molecule has 34 heavy (non-hydrogen) atoms. The molecule has 178 valence electrons. The standard InChI is InChI=1S/C25H24F2N2O5/c26-25(27)11-20(23(31)32)29(13-25)22(30)21(14-9-10-14)28-24(33)34-12-19-17-7-3-1-5-15(17)16-6-2-4-8-18(16)19/h1-8,14,19-21H,9-13H2,(H,28,33)(H,31,32). The number of likely N-dealkylation sites (tertiary alicyclic amines) is 1. The summed E-state index contributed by atoms with van der Waals surface area (Å²) in [5.74, 6) is -5.96. The van der Waals surface area contributed by atoms with Crippen molar-refractivity contribution >= 4 is 18.0 Å². The molecule has 2 atom stereocenters. The maximum Gasteiger partial charge on any atom is 0.407 e. The smallest absolute Gasteiger partial charge is 0.407 e. The maximum atomic E-state index is 13.9. The Morgan fingerprint density at radius 1 is 1.06 bits per heavy atom. The van der Waals surface area contributed by atoms with Gasteiger partial charge in [-0.1, -0.05) is 48.5 Å². The molecule has 1 saturated heterocycles. The summed E-state index contributed by atoms with van der Waals surface area (Å²) in [4.78, 5) is 37.8. The van der Waals surface area contributed by atoms with Crippen LogP contribution in [0.25, 0.3) is 11.1 Å². The summed E-state index contributed by atoms with van der Waals surface area (Å²) in [6, 6.07) is 13.0. The number of ether oxygens (including phenoxy) is 1. The second-order valence-corrected chi connectivity index (χ2v) is 9.17. The van der Waals surface area contributed by atoms with Gasteiger partial charge in [0.25, 0.3) is 5.92 Å². The third kappa shape index (κ3) is 4.10. The van der Waals surface area contributed by atoms with Crippen LogP contribution in [-0.2, 0) is 14.3 Å². The third-order valence-electron chi connectivity index (χ3n) is 6.81. The molecule has 0 spiro atoms. The summed E-state index contributed by atoms with van der Waals surface area (Å²) in [7, 11) is 0. The zero-order valence-corrected chi connectivity index (χ0v) is 18.2. The summed E-state index contributed by atoms with van der Waals surface area (Å²) in [6.45, 7) is -0.927. The van der Waals surface area contributed by atoms with Gasteiger partial charge >= 0.3 is 12.1 Å². The SMILES string of the molecule is O=C(NC(C(=O)N1CC(F)(F)CC1C(=O)O)C1CC1)OCC1c2ccccc2-c2ccccc21. The highest BCUT2D eigenvalue weighted by Crippen LogP contribution is 2.44. The summed E-state index contributed by atoms with van der Waals surface area (Å²) in [6.07, 6.45) is -0.481. The number of nitrogens with zero attached hydrogens (tertiary/aromatic N) is 1. The molecule has 2 unspecified atom stereocenters. The minimum Gasteiger partial charge on any atom is -0.480 e. The van der Waals surface area contributed by atoms with Gasteiger partial charge in [-0.2, -0.15) is 0 Å². The van der Waals surface area contributed by atoms with Gasteiger partial charge in [0.05, 0.1) is 6.54 Å². The average Bonchev–Trinajstić information content (AvgIpc) is 3.53. The Balaban J connectivity index is 1.27. The van der Waals surface area contributed by atoms with Crippen LogP contribution in [0.5, 0.6) is 0 Å². The Morgan fingerprint density at radius 2 is 1.65 bits per heavy atom. The number of alkyl halides is 2. The Kier molecular flexibility index (Phi) is 5.50. The molecule has 1 heterocycles. The van der Waals surface area contributed by atoms with Crippen LogP contribution < -0.4 is 5.32 Å². The van der Waals surface area contributed by atoms with Crippen molar-refractivity contribution in [2.45, 2.75) is 43.2 Å². The van der Waals surface area contributed by atoms with Gasteiger partial charge in [0, 0.05) is 12.3 Å². The van der Waals surface area contributed by atoms with E-state index in [0.717, 1.165) is 22.3 Å². The van der Waals surface area contributed by atoms with Crippen LogP contribution in [0.3, 0.4) is 0 Å². The fraction of sp³-hybridized carbons (Fsp3) is 0.400. The molecule has 7 nitrogen and oxygen atoms in total. The Hall–Kier alpha value is -3.49. The molecule has 0 radical (unpaired) electrons. The fourth-order valence-corrected chi connectivity index (χ4v) is 5.03. The summed E-state index contributed by atoms with van der Waals surface area (Å²) in [5, 5.41) is 11.8. The second kappa shape index (κ2) is 8.38. The van der Waals surface area contributed by atoms with Crippen molar-refractivity contribution in [1.82, 2.24) is 10.2 Å². The molecule has 2 amide bonds. The molecule has 0 aromatic heterocycles. The van der Waals surface area contributed by atoms with Crippen LogP contribution in [0.4, 0.5) is 13.6 Å². The van der Waals surface area contributed by atoms with Crippen molar-refractivity contribution in [2.75, 3.05) is 13.2 Å². The van der Waals surface area contributed by atoms with E-state index in [0.29, 0.717) is 17.7 Å². The van der Waals surface area contributed by atoms with Crippen molar-refractivity contribution < 1.29 is 33.0 Å². The van der Waals surface area contributed by atoms with E-state index in [1.54, 1.807) is 0 Å². The molecular formula is C25H24F2N2O5. The van der Waals surface area contributed by atoms with Crippen LogP contribution in [0.15, 0.2) is 48.5 Å². The van der Waals surface area contributed by atoms with Crippen molar-refractivity contribution in [3.63, 3.8) is 0 Å². The second-order valence-electron chi connectivity index (χ2n) is 9.17. The van der Waals surface area contributed by atoms with Crippen molar-refractivity contribution in [3.05, 3.63) is 59.7 Å². The first-order valence-corrected chi connectivity index (χ1v) is 11.3. The van der Waals surface area contributed by atoms with Gasteiger partial charge < -0.3 is 20.1 Å². The van der Waals surface area contributed by atoms with E-state index in [-0.39, 0.29) is 18.4 Å². The first-order valence-electron chi connectivity index (χ1n) is 11.3. The number of carbonyl (C=O) groups is 3. The van der Waals surface area contributed by atoms with Crippen molar-refractivity contribution in [2.24, 2.45) is 5.92 Å². The topological polar surface area (TPSA) is 95.9 Å². The molecular weight excluding hydrogens is 446 g/mol. The molecule has 1 saturated carbocycles. The Labute approximate surface area is 194 Å². The number of carbonyl (C=O) groups excluding carboxylic acids is 2. The Morgan fingerprint density at radius 3 is 2.21 bits per heavy atom. The molecule has 2 fully saturated rings. The van der Waals surface area contributed by atoms with Crippen LogP contribution in [0.2, 0.25) is 0 Å². The monoisotopic (exact) mass is 470 g/mol. The van der Waals surface area contributed by atoms with E-state index >= 15 is 0 Å². The number of amides is 2. The van der Waals surface area contributed by atoms with E-state index < -0.39 is 48.9 Å². The van der Waals surface area contributed by atoms with Gasteiger partial charge in [0.1, 0.15) is 18.7 Å². The lowest BCUT2D eigenvalue weighted by Crippen LogP contribution is -2.53. The van der Waals surface area contributed by atoms with Crippen LogP contribution in [0, 0.1) is 5.92 Å². The number of aliphatic carboxylic acids is 1. The zero-order chi connectivity index (χ0) is 24.0. The molecule has 2 aliphatic carbocycles. The lowest BCUT2D eigenvalue weighted by molar-refractivity contribution is -0.149. The third-order valence-corrected chi connectivity index (χ3v) is 6.81. The van der Waals surface area contributed by atoms with E-state index in [4.69, 9.17) is 4.74 Å². The van der Waals surface area contributed by atoms with E-state index in [1.807, 2.05) is 48.5 Å². The molecule has 5 rings (SSSR count). The number of rotatable bonds is 6. The molecule has 1 aliphatic heterocycles. The summed E-state index contributed by atoms with van der Waals surface area (Å²) >= 11 is 0. The van der Waals surface area contributed by atoms with Crippen LogP contribution in [-0.4, -0.2) is 59.1 Å². The zero-order valence-electron chi connectivity index (χ0n) is 18.2. The van der Waals surface area contributed by atoms with Gasteiger partial charge in [0.2, 0.25) is 5.91 Å². The quantitative estimate of drug-likeness (QED) is 0.672. The van der Waals surface area contributed by atoms with Gasteiger partial charge in [0.15, 0.2) is 0 Å². The first kappa shape index (κ1) is 22.3. The number of carboxylic acid groups (broad SMARTS) is 1. The molecule has 0 bridgehead atoms. The number of fused-ring (bicyclic) bond motifs is 3. The number of halogens is 2. The minimum atomic E-state index is -3.28. The number of benzene rings is 2. The molecule has 2 aromatic carbocycles. The first-order chi connectivity index (χ1) is 16.2. The largest absolute Gasteiger partial charge is 0.480 e. The number of alkyl carbamates (subject to hydrolysis) is 1. The molecule has 2 aromatic rings. The summed E-state index contributed by atoms with van der Waals surface area (Å²) in [5.41, 5.74) is 4.23. The predicted molar refractivity (Wildman–Crippen MR) is 117 cm³/mol. The van der Waals surface area contributed by atoms with Crippen LogP contribution >= 0.6 is 0 Å². The van der Waals surface area contributed by atoms with Gasteiger partial charge in [-0.3, -0.25) is 4.79 Å². The highest BCUT2D eigenvalue weighted by atomic mass is 19.3. The maximum absolute atomic E-state index is 13.9. The number of carboxylic acids is 1. The highest BCUT2D eigenvalue weighted by Gasteiger charge is 2.53. The van der Waals surface area contributed by atoms with E-state index in [9.17, 15) is 28.3 Å². The van der Waals surface area contributed by atoms with Crippen LogP contribution in [0.1, 0.15) is 36.3 Å². The normalized spacial score (nSPS) is 21.5. The predicted octanol–water partition coefficient (Wildman–Crippen LogP) is 3.62. The minimum absolute atomic E-state index is 0.0466. The number of hydrogen-bond acceptors (Lipinski definition) is 4. The average molecular weight is 470 g/mol. The molecule has 2 N–H and O–H groups in total. The lowest BCUT2D eigenvalue weighted by atomic mass is 9.98. The number of hydrogen-bond donors (Lipinski definition) is 2. The highest BCUT2D eigenvalue weighted by molar-refractivity contribution is 5.90. The van der Waals surface area contributed by atoms with Gasteiger partial charge in [-0.25, -0.2) is 18.4 Å².